The fourth-order valence-electron chi connectivity index (χ4n) is 4.29. The third kappa shape index (κ3) is 1.90. The molecular weight excluding hydrogens is 320 g/mol. The average Bonchev–Trinajstić information content (AvgIpc) is 2.61. The number of aromatic nitrogens is 2. The molecule has 0 bridgehead atoms. The van der Waals surface area contributed by atoms with Crippen LogP contribution in [0, 0.1) is 0 Å². The maximum atomic E-state index is 6.63. The molecule has 1 aliphatic carbocycles. The van der Waals surface area contributed by atoms with E-state index in [2.05, 4.69) is 13.8 Å². The van der Waals surface area contributed by atoms with Crippen molar-refractivity contribution in [3.8, 4) is 11.3 Å². The highest BCUT2D eigenvalue weighted by Crippen LogP contribution is 2.49. The lowest BCUT2D eigenvalue weighted by Crippen LogP contribution is -2.29. The molecule has 0 aliphatic heterocycles. The monoisotopic (exact) mass is 340 g/mol. The standard InChI is InChI=1S/C22H20N4/c1-22(2)11-16-17(19(23)12-7-3-5-9-14(12)25-16)21-18(22)20(24)13-8-4-6-10-15(13)26-21/h3-10H,11H2,1-2H3,(H2,23,25)(H2,24,26). The van der Waals surface area contributed by atoms with Crippen LogP contribution in [0.25, 0.3) is 33.1 Å². The van der Waals surface area contributed by atoms with Gasteiger partial charge in [0.15, 0.2) is 0 Å². The van der Waals surface area contributed by atoms with Gasteiger partial charge in [-0.05, 0) is 24.0 Å². The summed E-state index contributed by atoms with van der Waals surface area (Å²) in [5.41, 5.74) is 20.3. The Bertz CT molecular complexity index is 1210. The normalized spacial score (nSPS) is 15.0. The zero-order valence-corrected chi connectivity index (χ0v) is 14.9. The van der Waals surface area contributed by atoms with Gasteiger partial charge in [0.05, 0.1) is 28.1 Å². The predicted molar refractivity (Wildman–Crippen MR) is 108 cm³/mol. The van der Waals surface area contributed by atoms with E-state index in [0.717, 1.165) is 62.1 Å². The van der Waals surface area contributed by atoms with Gasteiger partial charge in [-0.3, -0.25) is 4.98 Å². The molecule has 4 nitrogen and oxygen atoms in total. The molecule has 4 heteroatoms. The van der Waals surface area contributed by atoms with E-state index in [9.17, 15) is 0 Å². The molecule has 0 unspecified atom stereocenters. The van der Waals surface area contributed by atoms with Gasteiger partial charge >= 0.3 is 0 Å². The molecule has 0 spiro atoms. The minimum atomic E-state index is -0.161. The molecule has 0 radical (unpaired) electrons. The Labute approximate surface area is 151 Å². The molecule has 4 N–H and O–H groups in total. The topological polar surface area (TPSA) is 77.8 Å². The molecule has 5 rings (SSSR count). The number of pyridine rings is 2. The Kier molecular flexibility index (Phi) is 2.88. The maximum Gasteiger partial charge on any atom is 0.0807 e. The largest absolute Gasteiger partial charge is 0.398 e. The van der Waals surface area contributed by atoms with E-state index < -0.39 is 0 Å². The van der Waals surface area contributed by atoms with Gasteiger partial charge in [0, 0.05) is 27.6 Å². The van der Waals surface area contributed by atoms with Crippen LogP contribution in [0.5, 0.6) is 0 Å². The summed E-state index contributed by atoms with van der Waals surface area (Å²) in [7, 11) is 0. The van der Waals surface area contributed by atoms with Gasteiger partial charge in [-0.2, -0.15) is 0 Å². The quantitative estimate of drug-likeness (QED) is 0.496. The Balaban J connectivity index is 1.97. The number of para-hydroxylation sites is 2. The van der Waals surface area contributed by atoms with E-state index in [0.29, 0.717) is 0 Å². The Hall–Kier alpha value is -3.14. The number of hydrogen-bond donors (Lipinski definition) is 2. The summed E-state index contributed by atoms with van der Waals surface area (Å²) in [4.78, 5) is 9.90. The van der Waals surface area contributed by atoms with Crippen molar-refractivity contribution >= 4 is 33.2 Å². The van der Waals surface area contributed by atoms with Crippen LogP contribution in [-0.4, -0.2) is 9.97 Å². The van der Waals surface area contributed by atoms with Gasteiger partial charge in [-0.25, -0.2) is 4.98 Å². The summed E-state index contributed by atoms with van der Waals surface area (Å²) in [6, 6.07) is 16.0. The lowest BCUT2D eigenvalue weighted by molar-refractivity contribution is 0.511. The van der Waals surface area contributed by atoms with Crippen LogP contribution < -0.4 is 11.5 Å². The van der Waals surface area contributed by atoms with Crippen LogP contribution in [0.1, 0.15) is 25.1 Å². The molecule has 0 atom stereocenters. The molecule has 2 aromatic carbocycles. The van der Waals surface area contributed by atoms with Gasteiger partial charge in [0.25, 0.3) is 0 Å². The third-order valence-electron chi connectivity index (χ3n) is 5.46. The number of nitrogens with zero attached hydrogens (tertiary/aromatic N) is 2. The summed E-state index contributed by atoms with van der Waals surface area (Å²) in [6.45, 7) is 4.41. The van der Waals surface area contributed by atoms with Crippen LogP contribution >= 0.6 is 0 Å². The SMILES string of the molecule is CC1(C)Cc2nc3ccccc3c(N)c2-c2nc3ccccc3c(N)c21. The Morgan fingerprint density at radius 1 is 0.808 bits per heavy atom. The Morgan fingerprint density at radius 2 is 1.38 bits per heavy atom. The van der Waals surface area contributed by atoms with Gasteiger partial charge in [-0.1, -0.05) is 50.2 Å². The maximum absolute atomic E-state index is 6.63. The summed E-state index contributed by atoms with van der Waals surface area (Å²) < 4.78 is 0. The number of rotatable bonds is 0. The van der Waals surface area contributed by atoms with Crippen molar-refractivity contribution in [3.63, 3.8) is 0 Å². The smallest absolute Gasteiger partial charge is 0.0807 e. The molecule has 128 valence electrons. The van der Waals surface area contributed by atoms with Crippen molar-refractivity contribution in [1.29, 1.82) is 0 Å². The Morgan fingerprint density at radius 3 is 2.08 bits per heavy atom. The fraction of sp³-hybridized carbons (Fsp3) is 0.182. The number of benzene rings is 2. The van der Waals surface area contributed by atoms with Crippen molar-refractivity contribution in [3.05, 3.63) is 59.8 Å². The highest BCUT2D eigenvalue weighted by molar-refractivity contribution is 6.03. The predicted octanol–water partition coefficient (Wildman–Crippen LogP) is 4.45. The molecule has 1 aliphatic rings. The zero-order valence-electron chi connectivity index (χ0n) is 14.9. The van der Waals surface area contributed by atoms with Crippen LogP contribution in [0.2, 0.25) is 0 Å². The van der Waals surface area contributed by atoms with Gasteiger partial charge < -0.3 is 11.5 Å². The molecule has 0 saturated carbocycles. The second-order valence-corrected chi connectivity index (χ2v) is 7.69. The van der Waals surface area contributed by atoms with Crippen molar-refractivity contribution in [1.82, 2.24) is 9.97 Å². The minimum Gasteiger partial charge on any atom is -0.398 e. The first-order valence-corrected chi connectivity index (χ1v) is 8.83. The lowest BCUT2D eigenvalue weighted by atomic mass is 9.72. The summed E-state index contributed by atoms with van der Waals surface area (Å²) >= 11 is 0. The van der Waals surface area contributed by atoms with Crippen LogP contribution in [0.4, 0.5) is 11.4 Å². The van der Waals surface area contributed by atoms with E-state index in [4.69, 9.17) is 21.4 Å². The molecule has 4 aromatic rings. The molecule has 2 aromatic heterocycles. The number of fused-ring (bicyclic) bond motifs is 5. The number of hydrogen-bond acceptors (Lipinski definition) is 4. The van der Waals surface area contributed by atoms with Crippen LogP contribution in [-0.2, 0) is 11.8 Å². The van der Waals surface area contributed by atoms with E-state index in [1.165, 1.54) is 0 Å². The van der Waals surface area contributed by atoms with Crippen LogP contribution in [0.3, 0.4) is 0 Å². The summed E-state index contributed by atoms with van der Waals surface area (Å²) in [5.74, 6) is 0. The molecular formula is C22H20N4. The molecule has 0 saturated heterocycles. The van der Waals surface area contributed by atoms with Gasteiger partial charge in [0.1, 0.15) is 0 Å². The number of anilines is 2. The lowest BCUT2D eigenvalue weighted by Gasteiger charge is -2.35. The molecule has 26 heavy (non-hydrogen) atoms. The van der Waals surface area contributed by atoms with E-state index in [1.807, 2.05) is 48.5 Å². The number of nitrogens with two attached hydrogens (primary N) is 2. The van der Waals surface area contributed by atoms with E-state index >= 15 is 0 Å². The minimum absolute atomic E-state index is 0.161. The first kappa shape index (κ1) is 15.1. The van der Waals surface area contributed by atoms with Crippen molar-refractivity contribution in [2.45, 2.75) is 25.7 Å². The van der Waals surface area contributed by atoms with Gasteiger partial charge in [0.2, 0.25) is 0 Å². The molecule has 2 heterocycles. The van der Waals surface area contributed by atoms with E-state index in [1.54, 1.807) is 0 Å². The highest BCUT2D eigenvalue weighted by atomic mass is 14.8. The molecule has 0 fully saturated rings. The first-order chi connectivity index (χ1) is 12.5. The van der Waals surface area contributed by atoms with Crippen LogP contribution in [0.15, 0.2) is 48.5 Å². The first-order valence-electron chi connectivity index (χ1n) is 8.83. The summed E-state index contributed by atoms with van der Waals surface area (Å²) in [6.07, 6.45) is 0.786. The fourth-order valence-corrected chi connectivity index (χ4v) is 4.29. The number of nitrogen functional groups attached to an aromatic ring is 2. The van der Waals surface area contributed by atoms with Crippen molar-refractivity contribution in [2.24, 2.45) is 0 Å². The summed E-state index contributed by atoms with van der Waals surface area (Å²) in [5, 5.41) is 1.96. The van der Waals surface area contributed by atoms with Crippen molar-refractivity contribution < 1.29 is 0 Å². The second-order valence-electron chi connectivity index (χ2n) is 7.69. The highest BCUT2D eigenvalue weighted by Gasteiger charge is 2.37. The van der Waals surface area contributed by atoms with E-state index in [-0.39, 0.29) is 5.41 Å². The second kappa shape index (κ2) is 4.94. The average molecular weight is 340 g/mol. The molecule has 0 amide bonds. The van der Waals surface area contributed by atoms with Gasteiger partial charge in [-0.15, -0.1) is 0 Å². The zero-order chi connectivity index (χ0) is 18.1. The van der Waals surface area contributed by atoms with Crippen molar-refractivity contribution in [2.75, 3.05) is 11.5 Å². The third-order valence-corrected chi connectivity index (χ3v) is 5.46.